The molecule has 0 amide bonds. The van der Waals surface area contributed by atoms with E-state index in [1.165, 1.54) is 0 Å². The Balaban J connectivity index is 2.00. The van der Waals surface area contributed by atoms with Crippen molar-refractivity contribution in [2.75, 3.05) is 13.1 Å². The second kappa shape index (κ2) is 3.92. The van der Waals surface area contributed by atoms with E-state index < -0.39 is 6.17 Å². The summed E-state index contributed by atoms with van der Waals surface area (Å²) in [6, 6.07) is 3.67. The number of pyridine rings is 1. The van der Waals surface area contributed by atoms with Crippen molar-refractivity contribution in [2.24, 2.45) is 0 Å². The summed E-state index contributed by atoms with van der Waals surface area (Å²) in [6.45, 7) is 2.85. The van der Waals surface area contributed by atoms with Crippen molar-refractivity contribution in [3.05, 3.63) is 24.0 Å². The zero-order valence-corrected chi connectivity index (χ0v) is 8.03. The van der Waals surface area contributed by atoms with Crippen LogP contribution >= 0.6 is 0 Å². The quantitative estimate of drug-likeness (QED) is 0.768. The minimum Gasteiger partial charge on any atom is -0.484 e. The SMILES string of the molecule is Cc1ccc(O[C@@H]2CNC[C@@H]2F)cn1. The maximum absolute atomic E-state index is 13.1. The van der Waals surface area contributed by atoms with Gasteiger partial charge >= 0.3 is 0 Å². The molecule has 1 aromatic rings. The first-order chi connectivity index (χ1) is 6.75. The van der Waals surface area contributed by atoms with Crippen LogP contribution in [0.2, 0.25) is 0 Å². The summed E-state index contributed by atoms with van der Waals surface area (Å²) in [5, 5.41) is 2.93. The highest BCUT2D eigenvalue weighted by Gasteiger charge is 2.28. The molecule has 1 aliphatic rings. The van der Waals surface area contributed by atoms with E-state index >= 15 is 0 Å². The Kier molecular flexibility index (Phi) is 2.63. The fourth-order valence-corrected chi connectivity index (χ4v) is 1.44. The predicted molar refractivity (Wildman–Crippen MR) is 51.2 cm³/mol. The van der Waals surface area contributed by atoms with Crippen LogP contribution in [0, 0.1) is 6.92 Å². The Bertz CT molecular complexity index is 301. The molecule has 14 heavy (non-hydrogen) atoms. The van der Waals surface area contributed by atoms with Crippen molar-refractivity contribution >= 4 is 0 Å². The third-order valence-electron chi connectivity index (χ3n) is 2.26. The Morgan fingerprint density at radius 3 is 2.93 bits per heavy atom. The predicted octanol–water partition coefficient (Wildman–Crippen LogP) is 1.08. The van der Waals surface area contributed by atoms with Crippen molar-refractivity contribution in [1.29, 1.82) is 0 Å². The molecule has 3 nitrogen and oxygen atoms in total. The van der Waals surface area contributed by atoms with Crippen molar-refractivity contribution < 1.29 is 9.13 Å². The molecule has 2 rings (SSSR count). The monoisotopic (exact) mass is 196 g/mol. The molecule has 1 N–H and O–H groups in total. The van der Waals surface area contributed by atoms with Crippen LogP contribution in [0.3, 0.4) is 0 Å². The summed E-state index contributed by atoms with van der Waals surface area (Å²) < 4.78 is 18.6. The van der Waals surface area contributed by atoms with Crippen LogP contribution in [0.4, 0.5) is 4.39 Å². The largest absolute Gasteiger partial charge is 0.484 e. The summed E-state index contributed by atoms with van der Waals surface area (Å²) >= 11 is 0. The molecule has 1 fully saturated rings. The van der Waals surface area contributed by atoms with Crippen molar-refractivity contribution in [3.8, 4) is 5.75 Å². The van der Waals surface area contributed by atoms with Crippen LogP contribution in [0.15, 0.2) is 18.3 Å². The Morgan fingerprint density at radius 1 is 1.50 bits per heavy atom. The Morgan fingerprint density at radius 2 is 2.36 bits per heavy atom. The number of halogens is 1. The smallest absolute Gasteiger partial charge is 0.150 e. The summed E-state index contributed by atoms with van der Waals surface area (Å²) in [5.41, 5.74) is 0.929. The van der Waals surface area contributed by atoms with Crippen LogP contribution < -0.4 is 10.1 Å². The normalized spacial score (nSPS) is 26.4. The topological polar surface area (TPSA) is 34.1 Å². The first kappa shape index (κ1) is 9.40. The average Bonchev–Trinajstić information content (AvgIpc) is 2.56. The van der Waals surface area contributed by atoms with Gasteiger partial charge < -0.3 is 10.1 Å². The van der Waals surface area contributed by atoms with E-state index in [1.807, 2.05) is 19.1 Å². The summed E-state index contributed by atoms with van der Waals surface area (Å²) in [4.78, 5) is 4.08. The number of aromatic nitrogens is 1. The van der Waals surface area contributed by atoms with Gasteiger partial charge in [-0.25, -0.2) is 4.39 Å². The van der Waals surface area contributed by atoms with Crippen LogP contribution in [0.1, 0.15) is 5.69 Å². The fraction of sp³-hybridized carbons (Fsp3) is 0.500. The standard InChI is InChI=1S/C10H13FN2O/c1-7-2-3-8(4-13-7)14-10-6-12-5-9(10)11/h2-4,9-10,12H,5-6H2,1H3/t9-,10+/m0/s1. The number of hydrogen-bond acceptors (Lipinski definition) is 3. The summed E-state index contributed by atoms with van der Waals surface area (Å²) in [7, 11) is 0. The lowest BCUT2D eigenvalue weighted by atomic mass is 10.3. The van der Waals surface area contributed by atoms with Crippen LogP contribution in [-0.4, -0.2) is 30.3 Å². The lowest BCUT2D eigenvalue weighted by molar-refractivity contribution is 0.139. The van der Waals surface area contributed by atoms with E-state index in [9.17, 15) is 4.39 Å². The van der Waals surface area contributed by atoms with Crippen LogP contribution in [0.5, 0.6) is 5.75 Å². The third kappa shape index (κ3) is 2.01. The number of alkyl halides is 1. The number of nitrogens with zero attached hydrogens (tertiary/aromatic N) is 1. The Labute approximate surface area is 82.3 Å². The number of hydrogen-bond donors (Lipinski definition) is 1. The van der Waals surface area contributed by atoms with Gasteiger partial charge in [0, 0.05) is 18.8 Å². The van der Waals surface area contributed by atoms with E-state index in [-0.39, 0.29) is 6.10 Å². The molecule has 1 aromatic heterocycles. The Hall–Kier alpha value is -1.16. The van der Waals surface area contributed by atoms with E-state index in [4.69, 9.17) is 4.74 Å². The highest BCUT2D eigenvalue weighted by Crippen LogP contribution is 2.15. The molecule has 1 aliphatic heterocycles. The van der Waals surface area contributed by atoms with Gasteiger partial charge in [-0.3, -0.25) is 4.98 Å². The van der Waals surface area contributed by atoms with Gasteiger partial charge in [0.15, 0.2) is 6.17 Å². The molecular formula is C10H13FN2O. The van der Waals surface area contributed by atoms with Gasteiger partial charge in [0.1, 0.15) is 11.9 Å². The van der Waals surface area contributed by atoms with E-state index in [2.05, 4.69) is 10.3 Å². The second-order valence-corrected chi connectivity index (χ2v) is 3.47. The van der Waals surface area contributed by atoms with Gasteiger partial charge in [-0.15, -0.1) is 0 Å². The van der Waals surface area contributed by atoms with Crippen LogP contribution in [-0.2, 0) is 0 Å². The number of ether oxygens (including phenoxy) is 1. The van der Waals surface area contributed by atoms with Gasteiger partial charge in [0.2, 0.25) is 0 Å². The summed E-state index contributed by atoms with van der Waals surface area (Å²) in [5.74, 6) is 0.631. The van der Waals surface area contributed by atoms with E-state index in [0.717, 1.165) is 5.69 Å². The molecule has 2 atom stereocenters. The van der Waals surface area contributed by atoms with Crippen molar-refractivity contribution in [3.63, 3.8) is 0 Å². The minimum absolute atomic E-state index is 0.375. The maximum atomic E-state index is 13.1. The number of rotatable bonds is 2. The zero-order valence-electron chi connectivity index (χ0n) is 8.03. The lowest BCUT2D eigenvalue weighted by Gasteiger charge is -2.14. The molecule has 0 bridgehead atoms. The molecule has 0 saturated carbocycles. The molecule has 1 saturated heterocycles. The lowest BCUT2D eigenvalue weighted by Crippen LogP contribution is -2.26. The highest BCUT2D eigenvalue weighted by molar-refractivity contribution is 5.19. The molecule has 0 aromatic carbocycles. The number of nitrogens with one attached hydrogen (secondary N) is 1. The maximum Gasteiger partial charge on any atom is 0.150 e. The molecule has 0 aliphatic carbocycles. The van der Waals surface area contributed by atoms with Crippen LogP contribution in [0.25, 0.3) is 0 Å². The van der Waals surface area contributed by atoms with Gasteiger partial charge in [-0.2, -0.15) is 0 Å². The minimum atomic E-state index is -0.920. The van der Waals surface area contributed by atoms with Gasteiger partial charge in [-0.1, -0.05) is 0 Å². The molecule has 4 heteroatoms. The first-order valence-corrected chi connectivity index (χ1v) is 4.70. The molecule has 76 valence electrons. The van der Waals surface area contributed by atoms with Gasteiger partial charge in [0.05, 0.1) is 6.20 Å². The first-order valence-electron chi connectivity index (χ1n) is 4.70. The average molecular weight is 196 g/mol. The molecule has 0 spiro atoms. The summed E-state index contributed by atoms with van der Waals surface area (Å²) in [6.07, 6.45) is 0.330. The molecule has 0 radical (unpaired) electrons. The van der Waals surface area contributed by atoms with E-state index in [0.29, 0.717) is 18.8 Å². The van der Waals surface area contributed by atoms with Gasteiger partial charge in [0.25, 0.3) is 0 Å². The van der Waals surface area contributed by atoms with Gasteiger partial charge in [-0.05, 0) is 19.1 Å². The second-order valence-electron chi connectivity index (χ2n) is 3.47. The third-order valence-corrected chi connectivity index (χ3v) is 2.26. The molecule has 0 unspecified atom stereocenters. The number of aryl methyl sites for hydroxylation is 1. The fourth-order valence-electron chi connectivity index (χ4n) is 1.44. The van der Waals surface area contributed by atoms with Crippen molar-refractivity contribution in [1.82, 2.24) is 10.3 Å². The van der Waals surface area contributed by atoms with E-state index in [1.54, 1.807) is 6.20 Å². The van der Waals surface area contributed by atoms with Crippen molar-refractivity contribution in [2.45, 2.75) is 19.2 Å². The molecular weight excluding hydrogens is 183 g/mol. The highest BCUT2D eigenvalue weighted by atomic mass is 19.1. The zero-order chi connectivity index (χ0) is 9.97. The molecule has 2 heterocycles.